The lowest BCUT2D eigenvalue weighted by Crippen LogP contribution is -2.42. The van der Waals surface area contributed by atoms with Crippen molar-refractivity contribution < 1.29 is 9.53 Å². The van der Waals surface area contributed by atoms with Crippen LogP contribution in [0.2, 0.25) is 5.02 Å². The number of aromatic amines is 1. The molecule has 7 heteroatoms. The molecule has 0 atom stereocenters. The highest BCUT2D eigenvalue weighted by molar-refractivity contribution is 6.32. The van der Waals surface area contributed by atoms with Crippen LogP contribution in [0.15, 0.2) is 30.7 Å². The fourth-order valence-corrected chi connectivity index (χ4v) is 3.83. The minimum atomic E-state index is -0.145. The molecular formula is C22H31ClN4O2. The number of carbonyl (C=O) groups is 1. The molecule has 0 bridgehead atoms. The molecule has 0 unspecified atom stereocenters. The number of ether oxygens (including phenoxy) is 1. The van der Waals surface area contributed by atoms with Crippen molar-refractivity contribution in [2.75, 3.05) is 26.2 Å². The number of hydrogen-bond donors (Lipinski definition) is 2. The quantitative estimate of drug-likeness (QED) is 0.714. The van der Waals surface area contributed by atoms with Gasteiger partial charge in [-0.15, -0.1) is 0 Å². The van der Waals surface area contributed by atoms with Gasteiger partial charge in [-0.1, -0.05) is 32.4 Å². The first-order valence-corrected chi connectivity index (χ1v) is 10.6. The Balaban J connectivity index is 1.47. The van der Waals surface area contributed by atoms with Gasteiger partial charge in [-0.05, 0) is 36.5 Å². The summed E-state index contributed by atoms with van der Waals surface area (Å²) in [5.41, 5.74) is 1.83. The van der Waals surface area contributed by atoms with Crippen molar-refractivity contribution in [3.8, 4) is 5.75 Å². The lowest BCUT2D eigenvalue weighted by atomic mass is 9.94. The number of rotatable bonds is 7. The maximum absolute atomic E-state index is 12.3. The number of likely N-dealkylation sites (tertiary alicyclic amines) is 1. The van der Waals surface area contributed by atoms with Crippen LogP contribution in [0, 0.1) is 5.41 Å². The van der Waals surface area contributed by atoms with Crippen molar-refractivity contribution in [1.29, 1.82) is 0 Å². The molecule has 0 saturated carbocycles. The van der Waals surface area contributed by atoms with E-state index in [0.29, 0.717) is 34.7 Å². The van der Waals surface area contributed by atoms with Crippen LogP contribution in [-0.2, 0) is 6.42 Å². The van der Waals surface area contributed by atoms with Crippen molar-refractivity contribution in [3.63, 3.8) is 0 Å². The zero-order chi connectivity index (χ0) is 20.9. The van der Waals surface area contributed by atoms with Gasteiger partial charge in [-0.2, -0.15) is 0 Å². The number of hydrogen-bond acceptors (Lipinski definition) is 4. The predicted molar refractivity (Wildman–Crippen MR) is 116 cm³/mol. The molecule has 6 nitrogen and oxygen atoms in total. The number of H-pyrrole nitrogens is 1. The molecule has 1 fully saturated rings. The summed E-state index contributed by atoms with van der Waals surface area (Å²) in [6.07, 6.45) is 6.23. The van der Waals surface area contributed by atoms with Gasteiger partial charge in [0, 0.05) is 50.1 Å². The van der Waals surface area contributed by atoms with E-state index in [1.165, 1.54) is 0 Å². The monoisotopic (exact) mass is 418 g/mol. The van der Waals surface area contributed by atoms with E-state index >= 15 is 0 Å². The first-order valence-electron chi connectivity index (χ1n) is 10.2. The molecule has 158 valence electrons. The Hall–Kier alpha value is -2.05. The van der Waals surface area contributed by atoms with Gasteiger partial charge in [0.1, 0.15) is 11.9 Å². The highest BCUT2D eigenvalue weighted by atomic mass is 35.5. The van der Waals surface area contributed by atoms with Crippen molar-refractivity contribution in [2.24, 2.45) is 5.41 Å². The molecule has 1 amide bonds. The molecule has 0 spiro atoms. The summed E-state index contributed by atoms with van der Waals surface area (Å²) in [6.45, 7) is 10.5. The number of nitrogens with zero attached hydrogens (tertiary/aromatic N) is 2. The van der Waals surface area contributed by atoms with Crippen LogP contribution in [-0.4, -0.2) is 53.1 Å². The Morgan fingerprint density at radius 2 is 2.10 bits per heavy atom. The summed E-state index contributed by atoms with van der Waals surface area (Å²) in [5.74, 6) is 0.503. The molecule has 1 aliphatic heterocycles. The van der Waals surface area contributed by atoms with E-state index in [-0.39, 0.29) is 12.0 Å². The van der Waals surface area contributed by atoms with E-state index in [1.54, 1.807) is 30.7 Å². The zero-order valence-electron chi connectivity index (χ0n) is 17.5. The molecule has 1 aromatic heterocycles. The number of piperidine rings is 1. The molecule has 0 radical (unpaired) electrons. The highest BCUT2D eigenvalue weighted by Gasteiger charge is 2.24. The van der Waals surface area contributed by atoms with Crippen LogP contribution < -0.4 is 10.1 Å². The number of amides is 1. The molecule has 29 heavy (non-hydrogen) atoms. The van der Waals surface area contributed by atoms with Gasteiger partial charge in [-0.25, -0.2) is 4.98 Å². The maximum atomic E-state index is 12.3. The van der Waals surface area contributed by atoms with E-state index in [1.807, 2.05) is 0 Å². The lowest BCUT2D eigenvalue weighted by Gasteiger charge is -2.36. The van der Waals surface area contributed by atoms with Gasteiger partial charge in [0.15, 0.2) is 0 Å². The fourth-order valence-electron chi connectivity index (χ4n) is 3.61. The fraction of sp³-hybridized carbons (Fsp3) is 0.545. The van der Waals surface area contributed by atoms with Gasteiger partial charge < -0.3 is 19.9 Å². The van der Waals surface area contributed by atoms with E-state index < -0.39 is 0 Å². The molecule has 1 saturated heterocycles. The molecule has 0 aliphatic carbocycles. The standard InChI is InChI=1S/C22H31ClN4O2/c1-22(2,3)14-27-10-7-18(8-11-27)29-20-5-4-16(12-19(20)23)21(28)25-9-6-17-13-24-15-26-17/h4-5,12-13,15,18H,6-11,14H2,1-3H3,(H,24,26)(H,25,28). The van der Waals surface area contributed by atoms with Crippen LogP contribution in [0.3, 0.4) is 0 Å². The first-order chi connectivity index (χ1) is 13.8. The van der Waals surface area contributed by atoms with Gasteiger partial charge >= 0.3 is 0 Å². The molecule has 2 N–H and O–H groups in total. The highest BCUT2D eigenvalue weighted by Crippen LogP contribution is 2.29. The van der Waals surface area contributed by atoms with Crippen molar-refractivity contribution in [1.82, 2.24) is 20.2 Å². The minimum absolute atomic E-state index is 0.145. The second-order valence-electron chi connectivity index (χ2n) is 8.88. The zero-order valence-corrected chi connectivity index (χ0v) is 18.3. The first kappa shape index (κ1) is 21.7. The Bertz CT molecular complexity index is 794. The number of nitrogens with one attached hydrogen (secondary N) is 2. The second kappa shape index (κ2) is 9.63. The van der Waals surface area contributed by atoms with E-state index in [4.69, 9.17) is 16.3 Å². The number of halogens is 1. The van der Waals surface area contributed by atoms with Crippen LogP contribution in [0.1, 0.15) is 49.7 Å². The topological polar surface area (TPSA) is 70.2 Å². The van der Waals surface area contributed by atoms with E-state index in [2.05, 4.69) is 41.0 Å². The number of carbonyl (C=O) groups excluding carboxylic acids is 1. The smallest absolute Gasteiger partial charge is 0.251 e. The molecule has 2 heterocycles. The third kappa shape index (κ3) is 6.75. The molecule has 1 aliphatic rings. The maximum Gasteiger partial charge on any atom is 0.251 e. The van der Waals surface area contributed by atoms with Crippen molar-refractivity contribution in [3.05, 3.63) is 47.0 Å². The summed E-state index contributed by atoms with van der Waals surface area (Å²) in [6, 6.07) is 5.24. The number of benzene rings is 1. The van der Waals surface area contributed by atoms with Crippen LogP contribution in [0.25, 0.3) is 0 Å². The van der Waals surface area contributed by atoms with Gasteiger partial charge in [-0.3, -0.25) is 4.79 Å². The minimum Gasteiger partial charge on any atom is -0.489 e. The van der Waals surface area contributed by atoms with Crippen LogP contribution in [0.4, 0.5) is 0 Å². The lowest BCUT2D eigenvalue weighted by molar-refractivity contribution is 0.0811. The Morgan fingerprint density at radius 1 is 1.34 bits per heavy atom. The summed E-state index contributed by atoms with van der Waals surface area (Å²) >= 11 is 6.40. The molecule has 1 aromatic carbocycles. The third-order valence-electron chi connectivity index (χ3n) is 4.96. The van der Waals surface area contributed by atoms with Gasteiger partial charge in [0.2, 0.25) is 0 Å². The van der Waals surface area contributed by atoms with E-state index in [0.717, 1.165) is 38.2 Å². The Labute approximate surface area is 178 Å². The third-order valence-corrected chi connectivity index (χ3v) is 5.25. The molecular weight excluding hydrogens is 388 g/mol. The van der Waals surface area contributed by atoms with E-state index in [9.17, 15) is 4.79 Å². The largest absolute Gasteiger partial charge is 0.489 e. The average molecular weight is 419 g/mol. The summed E-state index contributed by atoms with van der Waals surface area (Å²) in [5, 5.41) is 3.37. The summed E-state index contributed by atoms with van der Waals surface area (Å²) in [4.78, 5) is 21.8. The Morgan fingerprint density at radius 3 is 2.72 bits per heavy atom. The normalized spacial score (nSPS) is 16.0. The van der Waals surface area contributed by atoms with Crippen molar-refractivity contribution >= 4 is 17.5 Å². The van der Waals surface area contributed by atoms with Crippen molar-refractivity contribution in [2.45, 2.75) is 46.1 Å². The van der Waals surface area contributed by atoms with Gasteiger partial charge in [0.05, 0.1) is 11.3 Å². The average Bonchev–Trinajstić information content (AvgIpc) is 3.17. The number of imidazole rings is 1. The summed E-state index contributed by atoms with van der Waals surface area (Å²) < 4.78 is 6.13. The molecule has 3 rings (SSSR count). The Kier molecular flexibility index (Phi) is 7.19. The predicted octanol–water partition coefficient (Wildman–Crippen LogP) is 3.92. The number of aromatic nitrogens is 2. The molecule has 2 aromatic rings. The van der Waals surface area contributed by atoms with Crippen LogP contribution in [0.5, 0.6) is 5.75 Å². The van der Waals surface area contributed by atoms with Crippen LogP contribution >= 0.6 is 11.6 Å². The second-order valence-corrected chi connectivity index (χ2v) is 9.29. The van der Waals surface area contributed by atoms with Gasteiger partial charge in [0.25, 0.3) is 5.91 Å². The SMILES string of the molecule is CC(C)(C)CN1CCC(Oc2ccc(C(=O)NCCc3cnc[nH]3)cc2Cl)CC1. The summed E-state index contributed by atoms with van der Waals surface area (Å²) in [7, 11) is 0.